The van der Waals surface area contributed by atoms with Gasteiger partial charge in [0.15, 0.2) is 12.4 Å². The van der Waals surface area contributed by atoms with E-state index in [2.05, 4.69) is 22.4 Å². The summed E-state index contributed by atoms with van der Waals surface area (Å²) in [4.78, 5) is 11.7. The van der Waals surface area contributed by atoms with E-state index in [1.54, 1.807) is 6.07 Å². The Kier molecular flexibility index (Phi) is 4.18. The first-order valence-electron chi connectivity index (χ1n) is 6.21. The topological polar surface area (TPSA) is 67.0 Å². The number of benzene rings is 1. The maximum Gasteiger partial charge on any atom is 0.263 e. The minimum absolute atomic E-state index is 0.0287. The first kappa shape index (κ1) is 13.1. The summed E-state index contributed by atoms with van der Waals surface area (Å²) in [5, 5.41) is 9.34. The Morgan fingerprint density at radius 3 is 2.95 bits per heavy atom. The van der Waals surface area contributed by atoms with Crippen LogP contribution in [0.3, 0.4) is 0 Å². The standard InChI is InChI=1S/C14H17N3O2/c1-3-11-5-4-6-12(8-11)19-9-14(18)15-13-7-10(2)16-17-13/h4-8H,3,9H2,1-2H3,(H2,15,16,17,18). The molecule has 0 aliphatic carbocycles. The van der Waals surface area contributed by atoms with Crippen LogP contribution >= 0.6 is 0 Å². The van der Waals surface area contributed by atoms with Crippen LogP contribution in [0.5, 0.6) is 5.75 Å². The van der Waals surface area contributed by atoms with Gasteiger partial charge in [-0.25, -0.2) is 0 Å². The number of aryl methyl sites for hydroxylation is 2. The molecule has 1 aromatic heterocycles. The fourth-order valence-corrected chi connectivity index (χ4v) is 1.67. The SMILES string of the molecule is CCc1cccc(OCC(=O)Nc2cc(C)[nH]n2)c1. The molecule has 19 heavy (non-hydrogen) atoms. The van der Waals surface area contributed by atoms with Crippen molar-refractivity contribution in [3.8, 4) is 5.75 Å². The van der Waals surface area contributed by atoms with E-state index >= 15 is 0 Å². The van der Waals surface area contributed by atoms with Gasteiger partial charge in [-0.3, -0.25) is 9.89 Å². The van der Waals surface area contributed by atoms with Crippen molar-refractivity contribution in [1.29, 1.82) is 0 Å². The van der Waals surface area contributed by atoms with Crippen molar-refractivity contribution in [1.82, 2.24) is 10.2 Å². The van der Waals surface area contributed by atoms with Gasteiger partial charge in [-0.1, -0.05) is 19.1 Å². The van der Waals surface area contributed by atoms with Crippen molar-refractivity contribution in [2.24, 2.45) is 0 Å². The summed E-state index contributed by atoms with van der Waals surface area (Å²) in [6.45, 7) is 3.92. The lowest BCUT2D eigenvalue weighted by Gasteiger charge is -2.07. The van der Waals surface area contributed by atoms with E-state index in [1.165, 1.54) is 5.56 Å². The van der Waals surface area contributed by atoms with Gasteiger partial charge in [0, 0.05) is 11.8 Å². The van der Waals surface area contributed by atoms with E-state index in [1.807, 2.05) is 31.2 Å². The highest BCUT2D eigenvalue weighted by Crippen LogP contribution is 2.13. The van der Waals surface area contributed by atoms with Crippen LogP contribution in [0.15, 0.2) is 30.3 Å². The van der Waals surface area contributed by atoms with Gasteiger partial charge >= 0.3 is 0 Å². The number of anilines is 1. The van der Waals surface area contributed by atoms with Crippen molar-refractivity contribution in [3.63, 3.8) is 0 Å². The van der Waals surface area contributed by atoms with Gasteiger partial charge in [-0.2, -0.15) is 5.10 Å². The number of amides is 1. The second kappa shape index (κ2) is 6.04. The first-order valence-corrected chi connectivity index (χ1v) is 6.21. The molecule has 0 saturated carbocycles. The van der Waals surface area contributed by atoms with E-state index in [4.69, 9.17) is 4.74 Å². The zero-order chi connectivity index (χ0) is 13.7. The number of H-pyrrole nitrogens is 1. The lowest BCUT2D eigenvalue weighted by atomic mass is 10.2. The molecule has 5 nitrogen and oxygen atoms in total. The normalized spacial score (nSPS) is 10.2. The summed E-state index contributed by atoms with van der Waals surface area (Å²) in [5.74, 6) is 0.981. The third-order valence-corrected chi connectivity index (χ3v) is 2.65. The Labute approximate surface area is 112 Å². The van der Waals surface area contributed by atoms with Crippen molar-refractivity contribution in [2.75, 3.05) is 11.9 Å². The molecular formula is C14H17N3O2. The maximum atomic E-state index is 11.7. The molecule has 2 rings (SSSR count). The molecule has 0 radical (unpaired) electrons. The second-order valence-electron chi connectivity index (χ2n) is 4.27. The molecular weight excluding hydrogens is 242 g/mol. The van der Waals surface area contributed by atoms with Crippen LogP contribution in [0.2, 0.25) is 0 Å². The van der Waals surface area contributed by atoms with Crippen LogP contribution in [-0.2, 0) is 11.2 Å². The minimum atomic E-state index is -0.228. The van der Waals surface area contributed by atoms with Crippen molar-refractivity contribution >= 4 is 11.7 Å². The predicted octanol–water partition coefficient (Wildman–Crippen LogP) is 2.30. The van der Waals surface area contributed by atoms with Gasteiger partial charge in [0.05, 0.1) is 0 Å². The Bertz CT molecular complexity index is 563. The Morgan fingerprint density at radius 1 is 1.42 bits per heavy atom. The van der Waals surface area contributed by atoms with Crippen molar-refractivity contribution in [3.05, 3.63) is 41.6 Å². The molecule has 0 aliphatic rings. The highest BCUT2D eigenvalue weighted by atomic mass is 16.5. The lowest BCUT2D eigenvalue weighted by Crippen LogP contribution is -2.20. The van der Waals surface area contributed by atoms with Crippen LogP contribution in [0.4, 0.5) is 5.82 Å². The smallest absolute Gasteiger partial charge is 0.263 e. The number of aromatic nitrogens is 2. The monoisotopic (exact) mass is 259 g/mol. The molecule has 2 N–H and O–H groups in total. The second-order valence-corrected chi connectivity index (χ2v) is 4.27. The van der Waals surface area contributed by atoms with Gasteiger partial charge in [0.25, 0.3) is 5.91 Å². The maximum absolute atomic E-state index is 11.7. The summed E-state index contributed by atoms with van der Waals surface area (Å²) in [6, 6.07) is 9.48. The number of hydrogen-bond donors (Lipinski definition) is 2. The largest absolute Gasteiger partial charge is 0.484 e. The summed E-state index contributed by atoms with van der Waals surface area (Å²) in [5.41, 5.74) is 2.08. The van der Waals surface area contributed by atoms with Crippen LogP contribution in [-0.4, -0.2) is 22.7 Å². The van der Waals surface area contributed by atoms with Crippen LogP contribution in [0.25, 0.3) is 0 Å². The zero-order valence-corrected chi connectivity index (χ0v) is 11.1. The lowest BCUT2D eigenvalue weighted by molar-refractivity contribution is -0.118. The van der Waals surface area contributed by atoms with Gasteiger partial charge in [-0.05, 0) is 31.0 Å². The molecule has 0 atom stereocenters. The summed E-state index contributed by atoms with van der Waals surface area (Å²) < 4.78 is 5.44. The zero-order valence-electron chi connectivity index (χ0n) is 11.1. The van der Waals surface area contributed by atoms with E-state index in [-0.39, 0.29) is 12.5 Å². The van der Waals surface area contributed by atoms with Crippen molar-refractivity contribution in [2.45, 2.75) is 20.3 Å². The molecule has 2 aromatic rings. The molecule has 0 fully saturated rings. The number of nitrogens with one attached hydrogen (secondary N) is 2. The molecule has 1 heterocycles. The molecule has 0 aliphatic heterocycles. The van der Waals surface area contributed by atoms with Gasteiger partial charge in [0.1, 0.15) is 5.75 Å². The van der Waals surface area contributed by atoms with E-state index in [9.17, 15) is 4.79 Å². The van der Waals surface area contributed by atoms with Crippen molar-refractivity contribution < 1.29 is 9.53 Å². The fourth-order valence-electron chi connectivity index (χ4n) is 1.67. The number of nitrogens with zero attached hydrogens (tertiary/aromatic N) is 1. The number of hydrogen-bond acceptors (Lipinski definition) is 3. The molecule has 1 aromatic carbocycles. The number of rotatable bonds is 5. The Morgan fingerprint density at radius 2 is 2.26 bits per heavy atom. The molecule has 1 amide bonds. The van der Waals surface area contributed by atoms with E-state index in [0.29, 0.717) is 11.6 Å². The highest BCUT2D eigenvalue weighted by Gasteiger charge is 2.06. The third-order valence-electron chi connectivity index (χ3n) is 2.65. The average molecular weight is 259 g/mol. The molecule has 100 valence electrons. The van der Waals surface area contributed by atoms with Crippen LogP contribution < -0.4 is 10.1 Å². The summed E-state index contributed by atoms with van der Waals surface area (Å²) in [6.07, 6.45) is 0.940. The third kappa shape index (κ3) is 3.84. The van der Waals surface area contributed by atoms with Crippen LogP contribution in [0, 0.1) is 6.92 Å². The Balaban J connectivity index is 1.86. The number of carbonyl (C=O) groups excluding carboxylic acids is 1. The van der Waals surface area contributed by atoms with Gasteiger partial charge < -0.3 is 10.1 Å². The highest BCUT2D eigenvalue weighted by molar-refractivity contribution is 5.90. The van der Waals surface area contributed by atoms with Gasteiger partial charge in [-0.15, -0.1) is 0 Å². The fraction of sp³-hybridized carbons (Fsp3) is 0.286. The summed E-state index contributed by atoms with van der Waals surface area (Å²) in [7, 11) is 0. The predicted molar refractivity (Wildman–Crippen MR) is 73.3 cm³/mol. The Hall–Kier alpha value is -2.30. The van der Waals surface area contributed by atoms with E-state index in [0.717, 1.165) is 12.1 Å². The average Bonchev–Trinajstić information content (AvgIpc) is 2.82. The minimum Gasteiger partial charge on any atom is -0.484 e. The first-order chi connectivity index (χ1) is 9.17. The molecule has 5 heteroatoms. The number of aromatic amines is 1. The van der Waals surface area contributed by atoms with E-state index < -0.39 is 0 Å². The quantitative estimate of drug-likeness (QED) is 0.865. The number of ether oxygens (including phenoxy) is 1. The molecule has 0 saturated heterocycles. The molecule has 0 unspecified atom stereocenters. The van der Waals surface area contributed by atoms with Gasteiger partial charge in [0.2, 0.25) is 0 Å². The number of carbonyl (C=O) groups is 1. The summed E-state index contributed by atoms with van der Waals surface area (Å²) >= 11 is 0. The van der Waals surface area contributed by atoms with Crippen LogP contribution in [0.1, 0.15) is 18.2 Å². The molecule has 0 spiro atoms. The molecule has 0 bridgehead atoms.